The summed E-state index contributed by atoms with van der Waals surface area (Å²) in [6, 6.07) is 3.05. The molecule has 0 amide bonds. The van der Waals surface area contributed by atoms with Crippen molar-refractivity contribution in [1.29, 1.82) is 5.26 Å². The van der Waals surface area contributed by atoms with Crippen LogP contribution in [0.25, 0.3) is 0 Å². The standard InChI is InChI=1S/C15H29N3/c1-4-5-6-11-18(3)12-7-10-15(2,13-16)17-14-8-9-14/h14,17H,4-12H2,1-3H3. The molecule has 0 heterocycles. The molecule has 18 heavy (non-hydrogen) atoms. The van der Waals surface area contributed by atoms with E-state index in [0.29, 0.717) is 6.04 Å². The Labute approximate surface area is 113 Å². The van der Waals surface area contributed by atoms with Crippen molar-refractivity contribution in [3.05, 3.63) is 0 Å². The molecular weight excluding hydrogens is 222 g/mol. The van der Waals surface area contributed by atoms with Crippen LogP contribution in [0.3, 0.4) is 0 Å². The maximum Gasteiger partial charge on any atom is 0.104 e. The van der Waals surface area contributed by atoms with Gasteiger partial charge in [-0.3, -0.25) is 5.32 Å². The Morgan fingerprint density at radius 3 is 2.50 bits per heavy atom. The Morgan fingerprint density at radius 2 is 1.94 bits per heavy atom. The van der Waals surface area contributed by atoms with E-state index < -0.39 is 0 Å². The van der Waals surface area contributed by atoms with Gasteiger partial charge in [-0.25, -0.2) is 0 Å². The molecule has 0 saturated heterocycles. The summed E-state index contributed by atoms with van der Waals surface area (Å²) in [5, 5.41) is 12.7. The smallest absolute Gasteiger partial charge is 0.104 e. The summed E-state index contributed by atoms with van der Waals surface area (Å²) in [5.74, 6) is 0. The molecule has 1 saturated carbocycles. The van der Waals surface area contributed by atoms with Gasteiger partial charge in [-0.2, -0.15) is 5.26 Å². The van der Waals surface area contributed by atoms with Crippen LogP contribution < -0.4 is 5.32 Å². The number of nitrogens with zero attached hydrogens (tertiary/aromatic N) is 2. The lowest BCUT2D eigenvalue weighted by molar-refractivity contribution is 0.298. The van der Waals surface area contributed by atoms with E-state index in [1.54, 1.807) is 0 Å². The second-order valence-electron chi connectivity index (χ2n) is 5.98. The number of unbranched alkanes of at least 4 members (excludes halogenated alkanes) is 2. The van der Waals surface area contributed by atoms with E-state index >= 15 is 0 Å². The predicted molar refractivity (Wildman–Crippen MR) is 76.4 cm³/mol. The molecule has 0 aromatic heterocycles. The molecule has 0 aromatic rings. The lowest BCUT2D eigenvalue weighted by Crippen LogP contribution is -2.42. The first kappa shape index (κ1) is 15.5. The lowest BCUT2D eigenvalue weighted by Gasteiger charge is -2.24. The maximum absolute atomic E-state index is 9.27. The van der Waals surface area contributed by atoms with Crippen LogP contribution in [0.5, 0.6) is 0 Å². The van der Waals surface area contributed by atoms with E-state index in [1.807, 2.05) is 6.92 Å². The molecule has 1 N–H and O–H groups in total. The minimum absolute atomic E-state index is 0.314. The van der Waals surface area contributed by atoms with Gasteiger partial charge < -0.3 is 4.90 Å². The molecule has 0 radical (unpaired) electrons. The normalized spacial score (nSPS) is 18.6. The van der Waals surface area contributed by atoms with Gasteiger partial charge in [0.1, 0.15) is 5.54 Å². The minimum atomic E-state index is -0.314. The zero-order valence-corrected chi connectivity index (χ0v) is 12.3. The molecule has 104 valence electrons. The highest BCUT2D eigenvalue weighted by Crippen LogP contribution is 2.24. The summed E-state index contributed by atoms with van der Waals surface area (Å²) in [6.45, 7) is 6.57. The van der Waals surface area contributed by atoms with Gasteiger partial charge in [0.15, 0.2) is 0 Å². The zero-order chi connectivity index (χ0) is 13.4. The highest BCUT2D eigenvalue weighted by Gasteiger charge is 2.31. The molecule has 3 heteroatoms. The molecule has 1 fully saturated rings. The summed E-state index contributed by atoms with van der Waals surface area (Å²) in [5.41, 5.74) is -0.314. The van der Waals surface area contributed by atoms with Crippen molar-refractivity contribution in [2.45, 2.75) is 70.4 Å². The average molecular weight is 251 g/mol. The van der Waals surface area contributed by atoms with Crippen molar-refractivity contribution in [1.82, 2.24) is 10.2 Å². The van der Waals surface area contributed by atoms with E-state index in [-0.39, 0.29) is 5.54 Å². The number of hydrogen-bond donors (Lipinski definition) is 1. The van der Waals surface area contributed by atoms with E-state index in [4.69, 9.17) is 0 Å². The van der Waals surface area contributed by atoms with E-state index in [2.05, 4.69) is 30.3 Å². The van der Waals surface area contributed by atoms with Gasteiger partial charge in [-0.1, -0.05) is 19.8 Å². The highest BCUT2D eigenvalue weighted by atomic mass is 15.1. The molecule has 0 aromatic carbocycles. The van der Waals surface area contributed by atoms with Gasteiger partial charge in [0.05, 0.1) is 6.07 Å². The molecule has 0 spiro atoms. The van der Waals surface area contributed by atoms with Crippen molar-refractivity contribution < 1.29 is 0 Å². The Bertz CT molecular complexity index is 267. The van der Waals surface area contributed by atoms with Gasteiger partial charge >= 0.3 is 0 Å². The van der Waals surface area contributed by atoms with E-state index in [0.717, 1.165) is 19.4 Å². The van der Waals surface area contributed by atoms with E-state index in [1.165, 1.54) is 38.6 Å². The van der Waals surface area contributed by atoms with Gasteiger partial charge in [0, 0.05) is 6.04 Å². The first-order valence-electron chi connectivity index (χ1n) is 7.47. The molecular formula is C15H29N3. The third kappa shape index (κ3) is 6.37. The van der Waals surface area contributed by atoms with Crippen LogP contribution in [0.4, 0.5) is 0 Å². The molecule has 0 bridgehead atoms. The maximum atomic E-state index is 9.27. The van der Waals surface area contributed by atoms with Crippen LogP contribution in [0.1, 0.15) is 58.8 Å². The molecule has 1 rings (SSSR count). The van der Waals surface area contributed by atoms with Crippen molar-refractivity contribution in [2.75, 3.05) is 20.1 Å². The quantitative estimate of drug-likeness (QED) is 0.607. The Balaban J connectivity index is 2.12. The first-order chi connectivity index (χ1) is 8.59. The van der Waals surface area contributed by atoms with Gasteiger partial charge in [0.25, 0.3) is 0 Å². The third-order valence-corrected chi connectivity index (χ3v) is 3.71. The number of hydrogen-bond acceptors (Lipinski definition) is 3. The van der Waals surface area contributed by atoms with Crippen LogP contribution in [0.15, 0.2) is 0 Å². The fraction of sp³-hybridized carbons (Fsp3) is 0.933. The van der Waals surface area contributed by atoms with Crippen LogP contribution in [-0.2, 0) is 0 Å². The second-order valence-corrected chi connectivity index (χ2v) is 5.98. The molecule has 3 nitrogen and oxygen atoms in total. The van der Waals surface area contributed by atoms with Crippen molar-refractivity contribution in [3.63, 3.8) is 0 Å². The number of rotatable bonds is 10. The predicted octanol–water partition coefficient (Wildman–Crippen LogP) is 2.92. The molecule has 0 aliphatic heterocycles. The SMILES string of the molecule is CCCCCN(C)CCCC(C)(C#N)NC1CC1. The zero-order valence-electron chi connectivity index (χ0n) is 12.3. The van der Waals surface area contributed by atoms with Crippen molar-refractivity contribution >= 4 is 0 Å². The monoisotopic (exact) mass is 251 g/mol. The minimum Gasteiger partial charge on any atom is -0.306 e. The Kier molecular flexibility index (Phi) is 6.67. The van der Waals surface area contributed by atoms with Crippen LogP contribution in [0, 0.1) is 11.3 Å². The molecule has 1 aliphatic carbocycles. The average Bonchev–Trinajstić information content (AvgIpc) is 3.13. The summed E-state index contributed by atoms with van der Waals surface area (Å²) < 4.78 is 0. The fourth-order valence-corrected chi connectivity index (χ4v) is 2.28. The van der Waals surface area contributed by atoms with Crippen LogP contribution in [-0.4, -0.2) is 36.6 Å². The van der Waals surface area contributed by atoms with Crippen molar-refractivity contribution in [3.8, 4) is 6.07 Å². The lowest BCUT2D eigenvalue weighted by atomic mass is 9.97. The third-order valence-electron chi connectivity index (χ3n) is 3.71. The summed E-state index contributed by atoms with van der Waals surface area (Å²) in [6.07, 6.45) is 8.45. The summed E-state index contributed by atoms with van der Waals surface area (Å²) in [7, 11) is 2.19. The fourth-order valence-electron chi connectivity index (χ4n) is 2.28. The topological polar surface area (TPSA) is 39.1 Å². The second kappa shape index (κ2) is 7.76. The Hall–Kier alpha value is -0.590. The molecule has 1 atom stereocenters. The molecule has 1 aliphatic rings. The van der Waals surface area contributed by atoms with Crippen LogP contribution >= 0.6 is 0 Å². The van der Waals surface area contributed by atoms with Gasteiger partial charge in [0.2, 0.25) is 0 Å². The van der Waals surface area contributed by atoms with E-state index in [9.17, 15) is 5.26 Å². The number of nitrogens with one attached hydrogen (secondary N) is 1. The van der Waals surface area contributed by atoms with Gasteiger partial charge in [-0.15, -0.1) is 0 Å². The van der Waals surface area contributed by atoms with Gasteiger partial charge in [-0.05, 0) is 59.2 Å². The first-order valence-corrected chi connectivity index (χ1v) is 7.47. The Morgan fingerprint density at radius 1 is 1.28 bits per heavy atom. The van der Waals surface area contributed by atoms with Crippen molar-refractivity contribution in [2.24, 2.45) is 0 Å². The van der Waals surface area contributed by atoms with Crippen LogP contribution in [0.2, 0.25) is 0 Å². The number of nitriles is 1. The summed E-state index contributed by atoms with van der Waals surface area (Å²) >= 11 is 0. The molecule has 1 unspecified atom stereocenters. The largest absolute Gasteiger partial charge is 0.306 e. The summed E-state index contributed by atoms with van der Waals surface area (Å²) in [4.78, 5) is 2.39. The highest BCUT2D eigenvalue weighted by molar-refractivity contribution is 5.06.